The van der Waals surface area contributed by atoms with Crippen molar-refractivity contribution in [3.63, 3.8) is 0 Å². The smallest absolute Gasteiger partial charge is 0.219 e. The van der Waals surface area contributed by atoms with Crippen LogP contribution in [-0.4, -0.2) is 62.1 Å². The first kappa shape index (κ1) is 21.5. The monoisotopic (exact) mass is 432 g/mol. The summed E-state index contributed by atoms with van der Waals surface area (Å²) in [6, 6.07) is 9.86. The molecular weight excluding hydrogens is 412 g/mol. The van der Waals surface area contributed by atoms with Gasteiger partial charge in [0.25, 0.3) is 0 Å². The van der Waals surface area contributed by atoms with Crippen LogP contribution in [0.2, 0.25) is 0 Å². The maximum atomic E-state index is 12.9. The third-order valence-corrected chi connectivity index (χ3v) is 9.16. The second kappa shape index (κ2) is 7.32. The zero-order valence-electron chi connectivity index (χ0n) is 15.2. The number of sulfonamides is 2. The van der Waals surface area contributed by atoms with Crippen molar-refractivity contribution in [1.82, 2.24) is 8.61 Å². The lowest BCUT2D eigenvalue weighted by Gasteiger charge is -2.14. The van der Waals surface area contributed by atoms with Crippen molar-refractivity contribution in [2.45, 2.75) is 19.6 Å². The van der Waals surface area contributed by atoms with E-state index in [1.165, 1.54) is 64.6 Å². The van der Waals surface area contributed by atoms with Crippen LogP contribution in [0.3, 0.4) is 0 Å². The first-order chi connectivity index (χ1) is 12.3. The molecule has 27 heavy (non-hydrogen) atoms. The summed E-state index contributed by atoms with van der Waals surface area (Å²) in [7, 11) is -6.40. The Morgan fingerprint density at radius 1 is 0.556 bits per heavy atom. The summed E-state index contributed by atoms with van der Waals surface area (Å²) in [5.41, 5.74) is 0. The molecule has 0 atom stereocenters. The molecule has 0 aliphatic rings. The van der Waals surface area contributed by atoms with E-state index in [-0.39, 0.29) is 19.6 Å². The SMILES string of the molecule is CN(C)S(=O)(=O)c1cccc(S(=O)(=O)c2cccc(S(=O)(=O)N(C)C)c2)c1. The van der Waals surface area contributed by atoms with E-state index < -0.39 is 29.9 Å². The molecule has 2 rings (SSSR count). The molecule has 0 bridgehead atoms. The first-order valence-electron chi connectivity index (χ1n) is 7.61. The highest BCUT2D eigenvalue weighted by Gasteiger charge is 2.25. The van der Waals surface area contributed by atoms with E-state index in [4.69, 9.17) is 0 Å². The van der Waals surface area contributed by atoms with Gasteiger partial charge in [-0.25, -0.2) is 33.9 Å². The third-order valence-electron chi connectivity index (χ3n) is 3.79. The quantitative estimate of drug-likeness (QED) is 0.674. The van der Waals surface area contributed by atoms with Crippen LogP contribution in [0.5, 0.6) is 0 Å². The van der Waals surface area contributed by atoms with Crippen molar-refractivity contribution in [2.75, 3.05) is 28.2 Å². The Labute approximate surface area is 160 Å². The summed E-state index contributed by atoms with van der Waals surface area (Å²) in [5, 5.41) is 0. The van der Waals surface area contributed by atoms with Crippen molar-refractivity contribution in [3.8, 4) is 0 Å². The van der Waals surface area contributed by atoms with Gasteiger partial charge in [0.15, 0.2) is 0 Å². The van der Waals surface area contributed by atoms with Crippen molar-refractivity contribution in [3.05, 3.63) is 48.5 Å². The minimum Gasteiger partial charge on any atom is -0.219 e. The molecule has 11 heteroatoms. The lowest BCUT2D eigenvalue weighted by molar-refractivity contribution is 0.519. The van der Waals surface area contributed by atoms with Gasteiger partial charge in [-0.3, -0.25) is 0 Å². The van der Waals surface area contributed by atoms with E-state index in [9.17, 15) is 25.3 Å². The lowest BCUT2D eigenvalue weighted by Crippen LogP contribution is -2.22. The molecular formula is C16H20N2O6S3. The molecule has 0 N–H and O–H groups in total. The van der Waals surface area contributed by atoms with Crippen molar-refractivity contribution in [1.29, 1.82) is 0 Å². The molecule has 0 aliphatic heterocycles. The molecule has 0 aromatic heterocycles. The second-order valence-corrected chi connectivity index (χ2v) is 12.3. The highest BCUT2D eigenvalue weighted by atomic mass is 32.2. The van der Waals surface area contributed by atoms with Crippen molar-refractivity contribution >= 4 is 29.9 Å². The highest BCUT2D eigenvalue weighted by molar-refractivity contribution is 7.92. The number of hydrogen-bond donors (Lipinski definition) is 0. The van der Waals surface area contributed by atoms with E-state index in [2.05, 4.69) is 0 Å². The van der Waals surface area contributed by atoms with Gasteiger partial charge in [0.05, 0.1) is 19.6 Å². The molecule has 0 fully saturated rings. The van der Waals surface area contributed by atoms with Gasteiger partial charge in [0, 0.05) is 28.2 Å². The van der Waals surface area contributed by atoms with E-state index in [0.29, 0.717) is 0 Å². The minimum atomic E-state index is -4.12. The number of benzene rings is 2. The Kier molecular flexibility index (Phi) is 5.83. The van der Waals surface area contributed by atoms with Gasteiger partial charge in [-0.15, -0.1) is 0 Å². The molecule has 0 aliphatic carbocycles. The van der Waals surface area contributed by atoms with Gasteiger partial charge in [0.1, 0.15) is 0 Å². The fraction of sp³-hybridized carbons (Fsp3) is 0.250. The third kappa shape index (κ3) is 4.06. The maximum Gasteiger partial charge on any atom is 0.242 e. The summed E-state index contributed by atoms with van der Waals surface area (Å²) in [5.74, 6) is 0. The average molecular weight is 433 g/mol. The van der Waals surface area contributed by atoms with E-state index in [1.54, 1.807) is 0 Å². The fourth-order valence-electron chi connectivity index (χ4n) is 2.16. The number of sulfone groups is 1. The number of nitrogens with zero attached hydrogens (tertiary/aromatic N) is 2. The van der Waals surface area contributed by atoms with E-state index >= 15 is 0 Å². The molecule has 148 valence electrons. The Bertz CT molecular complexity index is 1080. The topological polar surface area (TPSA) is 109 Å². The Morgan fingerprint density at radius 2 is 0.852 bits per heavy atom. The summed E-state index contributed by atoms with van der Waals surface area (Å²) >= 11 is 0. The molecule has 0 unspecified atom stereocenters. The molecule has 8 nitrogen and oxygen atoms in total. The highest BCUT2D eigenvalue weighted by Crippen LogP contribution is 2.26. The predicted octanol–water partition coefficient (Wildman–Crippen LogP) is 1.02. The standard InChI is InChI=1S/C16H20N2O6S3/c1-17(2)26(21,22)15-9-5-7-13(11-15)25(19,20)14-8-6-10-16(12-14)27(23,24)18(3)4/h5-12H,1-4H3. The van der Waals surface area contributed by atoms with Gasteiger partial charge >= 0.3 is 0 Å². The van der Waals surface area contributed by atoms with Crippen molar-refractivity contribution in [2.24, 2.45) is 0 Å². The lowest BCUT2D eigenvalue weighted by atomic mass is 10.4. The predicted molar refractivity (Wildman–Crippen MR) is 100 cm³/mol. The zero-order valence-corrected chi connectivity index (χ0v) is 17.6. The molecule has 0 heterocycles. The van der Waals surface area contributed by atoms with Gasteiger partial charge in [-0.2, -0.15) is 0 Å². The second-order valence-electron chi connectivity index (χ2n) is 6.03. The number of rotatable bonds is 6. The van der Waals surface area contributed by atoms with Crippen LogP contribution in [0.4, 0.5) is 0 Å². The summed E-state index contributed by atoms with van der Waals surface area (Å²) < 4.78 is 76.8. The summed E-state index contributed by atoms with van der Waals surface area (Å²) in [4.78, 5) is -0.842. The fourth-order valence-corrected chi connectivity index (χ4v) is 5.56. The van der Waals surface area contributed by atoms with Gasteiger partial charge < -0.3 is 0 Å². The molecule has 2 aromatic carbocycles. The minimum absolute atomic E-state index is 0.175. The molecule has 0 saturated heterocycles. The summed E-state index contributed by atoms with van der Waals surface area (Å²) in [6.45, 7) is 0. The Morgan fingerprint density at radius 3 is 1.15 bits per heavy atom. The van der Waals surface area contributed by atoms with Crippen LogP contribution >= 0.6 is 0 Å². The van der Waals surface area contributed by atoms with E-state index in [1.807, 2.05) is 0 Å². The Hall–Kier alpha value is -1.79. The van der Waals surface area contributed by atoms with Crippen LogP contribution in [0.25, 0.3) is 0 Å². The molecule has 0 amide bonds. The van der Waals surface area contributed by atoms with Crippen LogP contribution in [0.15, 0.2) is 68.1 Å². The van der Waals surface area contributed by atoms with Crippen LogP contribution in [0.1, 0.15) is 0 Å². The zero-order chi connectivity index (χ0) is 20.6. The average Bonchev–Trinajstić information content (AvgIpc) is 2.61. The molecule has 0 radical (unpaired) electrons. The van der Waals surface area contributed by atoms with E-state index in [0.717, 1.165) is 20.7 Å². The normalized spacial score (nSPS) is 13.3. The van der Waals surface area contributed by atoms with Crippen molar-refractivity contribution < 1.29 is 25.3 Å². The molecule has 0 spiro atoms. The van der Waals surface area contributed by atoms with Gasteiger partial charge in [-0.05, 0) is 36.4 Å². The van der Waals surface area contributed by atoms with Gasteiger partial charge in [0.2, 0.25) is 29.9 Å². The van der Waals surface area contributed by atoms with Crippen LogP contribution in [0, 0.1) is 0 Å². The van der Waals surface area contributed by atoms with Crippen LogP contribution < -0.4 is 0 Å². The maximum absolute atomic E-state index is 12.9. The first-order valence-corrected chi connectivity index (χ1v) is 12.0. The van der Waals surface area contributed by atoms with Crippen LogP contribution in [-0.2, 0) is 29.9 Å². The molecule has 0 saturated carbocycles. The Balaban J connectivity index is 2.62. The largest absolute Gasteiger partial charge is 0.242 e. The van der Waals surface area contributed by atoms with Gasteiger partial charge in [-0.1, -0.05) is 12.1 Å². The summed E-state index contributed by atoms with van der Waals surface area (Å²) in [6.07, 6.45) is 0. The number of hydrogen-bond acceptors (Lipinski definition) is 6. The molecule has 2 aromatic rings.